The Morgan fingerprint density at radius 2 is 0.818 bits per heavy atom. The maximum Gasteiger partial charge on any atom is 0.135 e. The Labute approximate surface area is 256 Å². The Bertz CT molecular complexity index is 2270. The normalized spacial score (nSPS) is 13.2. The average molecular weight is 561 g/mol. The summed E-state index contributed by atoms with van der Waals surface area (Å²) >= 11 is 0. The second-order valence-electron chi connectivity index (χ2n) is 11.7. The van der Waals surface area contributed by atoms with Gasteiger partial charge in [-0.3, -0.25) is 0 Å². The number of benzene rings is 7. The topological polar surface area (TPSA) is 13.1 Å². The predicted molar refractivity (Wildman–Crippen MR) is 182 cm³/mol. The third-order valence-electron chi connectivity index (χ3n) is 9.37. The van der Waals surface area contributed by atoms with Crippen LogP contribution in [0.25, 0.3) is 55.3 Å². The summed E-state index contributed by atoms with van der Waals surface area (Å²) in [5, 5.41) is 2.29. The van der Waals surface area contributed by atoms with Crippen LogP contribution in [0, 0.1) is 0 Å². The summed E-state index contributed by atoms with van der Waals surface area (Å²) in [6.07, 6.45) is 0. The summed E-state index contributed by atoms with van der Waals surface area (Å²) in [7, 11) is 0. The monoisotopic (exact) mass is 560 g/mol. The van der Waals surface area contributed by atoms with Gasteiger partial charge in [-0.25, -0.2) is 0 Å². The fourth-order valence-corrected chi connectivity index (χ4v) is 7.38. The van der Waals surface area contributed by atoms with E-state index in [-0.39, 0.29) is 0 Å². The highest BCUT2D eigenvalue weighted by Gasteiger charge is 2.46. The van der Waals surface area contributed by atoms with Gasteiger partial charge in [0, 0.05) is 10.8 Å². The van der Waals surface area contributed by atoms with Gasteiger partial charge in [-0.15, -0.1) is 0 Å². The van der Waals surface area contributed by atoms with Crippen molar-refractivity contribution in [1.82, 2.24) is 0 Å². The SMILES string of the molecule is c1ccc(-c2ccc3c(c2)C(c2ccccc2)(c2ccccc2)c2cc(-c4ccc5oc6ccccc6c5c4)ccc2-3)cc1. The predicted octanol–water partition coefficient (Wildman–Crippen LogP) is 11.3. The van der Waals surface area contributed by atoms with Gasteiger partial charge in [0.25, 0.3) is 0 Å². The Balaban J connectivity index is 1.33. The van der Waals surface area contributed by atoms with Crippen LogP contribution in [0.5, 0.6) is 0 Å². The lowest BCUT2D eigenvalue weighted by Crippen LogP contribution is -2.28. The maximum absolute atomic E-state index is 6.16. The van der Waals surface area contributed by atoms with Crippen LogP contribution in [-0.4, -0.2) is 0 Å². The van der Waals surface area contributed by atoms with E-state index in [0.717, 1.165) is 21.9 Å². The van der Waals surface area contributed by atoms with Gasteiger partial charge in [-0.05, 0) is 86.0 Å². The third kappa shape index (κ3) is 3.60. The van der Waals surface area contributed by atoms with Gasteiger partial charge in [-0.1, -0.05) is 140 Å². The fraction of sp³-hybridized carbons (Fsp3) is 0.0233. The van der Waals surface area contributed by atoms with Crippen LogP contribution in [-0.2, 0) is 5.41 Å². The van der Waals surface area contributed by atoms with Crippen molar-refractivity contribution in [2.45, 2.75) is 5.41 Å². The summed E-state index contributed by atoms with van der Waals surface area (Å²) in [5.74, 6) is 0. The molecule has 1 aliphatic rings. The molecule has 0 unspecified atom stereocenters. The first-order valence-electron chi connectivity index (χ1n) is 15.2. The molecule has 0 spiro atoms. The molecule has 206 valence electrons. The van der Waals surface area contributed by atoms with Gasteiger partial charge < -0.3 is 4.42 Å². The Kier molecular flexibility index (Phi) is 5.48. The van der Waals surface area contributed by atoms with Gasteiger partial charge in [-0.2, -0.15) is 0 Å². The van der Waals surface area contributed by atoms with Crippen LogP contribution < -0.4 is 0 Å². The van der Waals surface area contributed by atoms with Crippen LogP contribution in [0.4, 0.5) is 0 Å². The highest BCUT2D eigenvalue weighted by molar-refractivity contribution is 6.06. The van der Waals surface area contributed by atoms with Gasteiger partial charge in [0.2, 0.25) is 0 Å². The van der Waals surface area contributed by atoms with Crippen molar-refractivity contribution in [2.75, 3.05) is 0 Å². The van der Waals surface area contributed by atoms with Crippen molar-refractivity contribution in [1.29, 1.82) is 0 Å². The summed E-state index contributed by atoms with van der Waals surface area (Å²) in [5.41, 5.74) is 13.9. The fourth-order valence-electron chi connectivity index (χ4n) is 7.38. The first-order chi connectivity index (χ1) is 21.8. The molecule has 1 nitrogen and oxygen atoms in total. The zero-order chi connectivity index (χ0) is 29.1. The minimum atomic E-state index is -0.472. The van der Waals surface area contributed by atoms with Crippen molar-refractivity contribution >= 4 is 21.9 Å². The largest absolute Gasteiger partial charge is 0.456 e. The van der Waals surface area contributed by atoms with E-state index in [1.807, 2.05) is 12.1 Å². The molecule has 1 heterocycles. The molecule has 1 aliphatic carbocycles. The van der Waals surface area contributed by atoms with Crippen molar-refractivity contribution in [3.8, 4) is 33.4 Å². The molecule has 0 bridgehead atoms. The van der Waals surface area contributed by atoms with E-state index in [1.54, 1.807) is 0 Å². The maximum atomic E-state index is 6.16. The van der Waals surface area contributed by atoms with Crippen molar-refractivity contribution in [3.05, 3.63) is 192 Å². The number of para-hydroxylation sites is 1. The summed E-state index contributed by atoms with van der Waals surface area (Å²) in [6, 6.07) is 61.7. The standard InChI is InChI=1S/C43H28O/c1-4-12-29(13-5-1)31-20-23-35-36-24-21-32(30-22-25-42-38(26-30)37-18-10-11-19-41(37)44-42)28-40(36)43(39(35)27-31,33-14-6-2-7-15-33)34-16-8-3-9-17-34/h1-28H. The first-order valence-corrected chi connectivity index (χ1v) is 15.2. The molecule has 0 aliphatic heterocycles. The minimum Gasteiger partial charge on any atom is -0.456 e. The summed E-state index contributed by atoms with van der Waals surface area (Å²) in [4.78, 5) is 0. The van der Waals surface area contributed by atoms with Crippen molar-refractivity contribution < 1.29 is 4.42 Å². The second kappa shape index (κ2) is 9.69. The summed E-state index contributed by atoms with van der Waals surface area (Å²) < 4.78 is 6.16. The zero-order valence-corrected chi connectivity index (χ0v) is 24.1. The van der Waals surface area contributed by atoms with Crippen molar-refractivity contribution in [2.24, 2.45) is 0 Å². The van der Waals surface area contributed by atoms with E-state index in [2.05, 4.69) is 158 Å². The Hall–Kier alpha value is -5.66. The third-order valence-corrected chi connectivity index (χ3v) is 9.37. The van der Waals surface area contributed by atoms with Crippen LogP contribution in [0.1, 0.15) is 22.3 Å². The molecule has 0 N–H and O–H groups in total. The molecule has 0 fully saturated rings. The smallest absolute Gasteiger partial charge is 0.135 e. The highest BCUT2D eigenvalue weighted by Crippen LogP contribution is 2.57. The van der Waals surface area contributed by atoms with E-state index in [0.29, 0.717) is 0 Å². The number of furan rings is 1. The molecule has 0 saturated carbocycles. The molecule has 8 aromatic rings. The van der Waals surface area contributed by atoms with Crippen LogP contribution >= 0.6 is 0 Å². The average Bonchev–Trinajstić information content (AvgIpc) is 3.62. The molecular weight excluding hydrogens is 532 g/mol. The number of rotatable bonds is 4. The molecule has 0 amide bonds. The second-order valence-corrected chi connectivity index (χ2v) is 11.7. The van der Waals surface area contributed by atoms with E-state index >= 15 is 0 Å². The van der Waals surface area contributed by atoms with E-state index in [4.69, 9.17) is 4.42 Å². The molecule has 44 heavy (non-hydrogen) atoms. The summed E-state index contributed by atoms with van der Waals surface area (Å²) in [6.45, 7) is 0. The highest BCUT2D eigenvalue weighted by atomic mass is 16.3. The van der Waals surface area contributed by atoms with Gasteiger partial charge in [0.1, 0.15) is 11.2 Å². The minimum absolute atomic E-state index is 0.472. The van der Waals surface area contributed by atoms with Crippen LogP contribution in [0.2, 0.25) is 0 Å². The lowest BCUT2D eigenvalue weighted by molar-refractivity contribution is 0.669. The van der Waals surface area contributed by atoms with Gasteiger partial charge >= 0.3 is 0 Å². The Morgan fingerprint density at radius 3 is 1.45 bits per heavy atom. The van der Waals surface area contributed by atoms with Crippen LogP contribution in [0.3, 0.4) is 0 Å². The molecule has 1 aromatic heterocycles. The van der Waals surface area contributed by atoms with Crippen LogP contribution in [0.15, 0.2) is 174 Å². The lowest BCUT2D eigenvalue weighted by atomic mass is 9.67. The zero-order valence-electron chi connectivity index (χ0n) is 24.1. The van der Waals surface area contributed by atoms with Crippen molar-refractivity contribution in [3.63, 3.8) is 0 Å². The molecule has 0 saturated heterocycles. The molecular formula is C43H28O. The molecule has 0 atom stereocenters. The quantitative estimate of drug-likeness (QED) is 0.209. The number of hydrogen-bond donors (Lipinski definition) is 0. The molecule has 7 aromatic carbocycles. The molecule has 1 heteroatoms. The van der Waals surface area contributed by atoms with E-state index in [1.165, 1.54) is 55.6 Å². The first kappa shape index (κ1) is 24.9. The molecule has 9 rings (SSSR count). The van der Waals surface area contributed by atoms with Gasteiger partial charge in [0.15, 0.2) is 0 Å². The number of fused-ring (bicyclic) bond motifs is 6. The van der Waals surface area contributed by atoms with E-state index < -0.39 is 5.41 Å². The Morgan fingerprint density at radius 1 is 0.341 bits per heavy atom. The van der Waals surface area contributed by atoms with E-state index in [9.17, 15) is 0 Å². The lowest BCUT2D eigenvalue weighted by Gasteiger charge is -2.34. The number of hydrogen-bond acceptors (Lipinski definition) is 1. The van der Waals surface area contributed by atoms with Gasteiger partial charge in [0.05, 0.1) is 5.41 Å². The molecule has 0 radical (unpaired) electrons.